The molecule has 0 radical (unpaired) electrons. The summed E-state index contributed by atoms with van der Waals surface area (Å²) in [6.45, 7) is 8.64. The van der Waals surface area contributed by atoms with Crippen LogP contribution in [0.25, 0.3) is 0 Å². The quantitative estimate of drug-likeness (QED) is 0.916. The Morgan fingerprint density at radius 3 is 2.80 bits per heavy atom. The van der Waals surface area contributed by atoms with Crippen LogP contribution in [0.1, 0.15) is 36.9 Å². The number of benzene rings is 1. The number of nitrogens with zero attached hydrogens (tertiary/aromatic N) is 2. The maximum absolute atomic E-state index is 6.13. The first-order chi connectivity index (χ1) is 9.65. The number of nitrogens with two attached hydrogens (primary N) is 1. The van der Waals surface area contributed by atoms with Crippen LogP contribution in [0.15, 0.2) is 24.3 Å². The third kappa shape index (κ3) is 3.60. The van der Waals surface area contributed by atoms with E-state index in [0.717, 1.165) is 13.1 Å². The van der Waals surface area contributed by atoms with Crippen LogP contribution in [-0.2, 0) is 0 Å². The monoisotopic (exact) mass is 275 g/mol. The molecule has 1 saturated heterocycles. The molecule has 1 aliphatic heterocycles. The van der Waals surface area contributed by atoms with Gasteiger partial charge in [-0.25, -0.2) is 0 Å². The van der Waals surface area contributed by atoms with Gasteiger partial charge in [-0.1, -0.05) is 36.8 Å². The second-order valence-electron chi connectivity index (χ2n) is 6.08. The van der Waals surface area contributed by atoms with Gasteiger partial charge in [0.25, 0.3) is 0 Å². The van der Waals surface area contributed by atoms with Gasteiger partial charge in [-0.3, -0.25) is 4.90 Å². The molecule has 20 heavy (non-hydrogen) atoms. The third-order valence-electron chi connectivity index (χ3n) is 4.47. The molecule has 2 rings (SSSR count). The van der Waals surface area contributed by atoms with Crippen LogP contribution in [0, 0.1) is 6.92 Å². The van der Waals surface area contributed by atoms with Crippen molar-refractivity contribution >= 4 is 0 Å². The molecule has 2 atom stereocenters. The minimum absolute atomic E-state index is 0.353. The van der Waals surface area contributed by atoms with E-state index in [9.17, 15) is 0 Å². The maximum Gasteiger partial charge on any atom is 0.0474 e. The summed E-state index contributed by atoms with van der Waals surface area (Å²) in [7, 11) is 2.23. The van der Waals surface area contributed by atoms with Crippen LogP contribution in [0.3, 0.4) is 0 Å². The van der Waals surface area contributed by atoms with Gasteiger partial charge in [0.1, 0.15) is 0 Å². The van der Waals surface area contributed by atoms with Gasteiger partial charge in [-0.15, -0.1) is 0 Å². The van der Waals surface area contributed by atoms with Crippen molar-refractivity contribution in [1.29, 1.82) is 0 Å². The number of likely N-dealkylation sites (N-methyl/N-ethyl adjacent to an activating group) is 1. The zero-order chi connectivity index (χ0) is 14.5. The summed E-state index contributed by atoms with van der Waals surface area (Å²) in [6.07, 6.45) is 2.42. The fourth-order valence-electron chi connectivity index (χ4n) is 3.38. The third-order valence-corrected chi connectivity index (χ3v) is 4.47. The van der Waals surface area contributed by atoms with Crippen molar-refractivity contribution in [3.05, 3.63) is 35.4 Å². The Morgan fingerprint density at radius 1 is 1.35 bits per heavy atom. The molecule has 1 fully saturated rings. The van der Waals surface area contributed by atoms with Crippen molar-refractivity contribution in [1.82, 2.24) is 9.80 Å². The van der Waals surface area contributed by atoms with E-state index in [0.29, 0.717) is 18.6 Å². The molecule has 0 aromatic heterocycles. The molecule has 3 nitrogen and oxygen atoms in total. The van der Waals surface area contributed by atoms with Crippen LogP contribution in [0.4, 0.5) is 0 Å². The molecule has 112 valence electrons. The van der Waals surface area contributed by atoms with Crippen molar-refractivity contribution < 1.29 is 0 Å². The molecule has 1 heterocycles. The van der Waals surface area contributed by atoms with E-state index in [4.69, 9.17) is 5.73 Å². The minimum atomic E-state index is 0.353. The van der Waals surface area contributed by atoms with Crippen LogP contribution in [-0.4, -0.2) is 49.1 Å². The highest BCUT2D eigenvalue weighted by Crippen LogP contribution is 2.26. The zero-order valence-electron chi connectivity index (χ0n) is 13.2. The van der Waals surface area contributed by atoms with Crippen molar-refractivity contribution in [2.24, 2.45) is 5.73 Å². The molecule has 3 heteroatoms. The Hall–Kier alpha value is -0.900. The zero-order valence-corrected chi connectivity index (χ0v) is 13.2. The van der Waals surface area contributed by atoms with Gasteiger partial charge in [0, 0.05) is 31.7 Å². The molecule has 2 unspecified atom stereocenters. The molecule has 2 N–H and O–H groups in total. The predicted molar refractivity (Wildman–Crippen MR) is 85.9 cm³/mol. The molecule has 0 bridgehead atoms. The average molecular weight is 275 g/mol. The van der Waals surface area contributed by atoms with E-state index in [2.05, 4.69) is 55.0 Å². The van der Waals surface area contributed by atoms with Crippen LogP contribution >= 0.6 is 0 Å². The Balaban J connectivity index is 2.24. The smallest absolute Gasteiger partial charge is 0.0474 e. The molecule has 0 saturated carbocycles. The van der Waals surface area contributed by atoms with E-state index < -0.39 is 0 Å². The first-order valence-corrected chi connectivity index (χ1v) is 7.86. The molecule has 0 spiro atoms. The summed E-state index contributed by atoms with van der Waals surface area (Å²) >= 11 is 0. The van der Waals surface area contributed by atoms with Crippen molar-refractivity contribution in [3.63, 3.8) is 0 Å². The van der Waals surface area contributed by atoms with Crippen molar-refractivity contribution in [2.45, 2.75) is 38.8 Å². The molecular formula is C17H29N3. The first-order valence-electron chi connectivity index (χ1n) is 7.86. The summed E-state index contributed by atoms with van der Waals surface area (Å²) in [6, 6.07) is 9.79. The lowest BCUT2D eigenvalue weighted by atomic mass is 10.0. The standard InChI is InChI=1S/C17H29N3/c1-4-16-13-19(3)9-6-10-20(16)17(12-18)15-8-5-7-14(2)11-15/h5,7-8,11,16-17H,4,6,9-10,12-13,18H2,1-3H3. The van der Waals surface area contributed by atoms with E-state index in [1.54, 1.807) is 0 Å². The first kappa shape index (κ1) is 15.5. The lowest BCUT2D eigenvalue weighted by molar-refractivity contribution is 0.131. The van der Waals surface area contributed by atoms with E-state index in [-0.39, 0.29) is 0 Å². The molecule has 1 aromatic carbocycles. The lowest BCUT2D eigenvalue weighted by Crippen LogP contribution is -2.44. The maximum atomic E-state index is 6.13. The van der Waals surface area contributed by atoms with Crippen molar-refractivity contribution in [2.75, 3.05) is 33.2 Å². The molecule has 1 aliphatic rings. The Morgan fingerprint density at radius 2 is 2.15 bits per heavy atom. The topological polar surface area (TPSA) is 32.5 Å². The number of aryl methyl sites for hydroxylation is 1. The van der Waals surface area contributed by atoms with Gasteiger partial charge < -0.3 is 10.6 Å². The van der Waals surface area contributed by atoms with Gasteiger partial charge in [-0.05, 0) is 38.9 Å². The van der Waals surface area contributed by atoms with E-state index in [1.807, 2.05) is 0 Å². The summed E-state index contributed by atoms with van der Waals surface area (Å²) in [4.78, 5) is 5.09. The van der Waals surface area contributed by atoms with Gasteiger partial charge in [0.2, 0.25) is 0 Å². The molecular weight excluding hydrogens is 246 g/mol. The Kier molecular flexibility index (Phi) is 5.58. The second kappa shape index (κ2) is 7.21. The summed E-state index contributed by atoms with van der Waals surface area (Å²) in [5.74, 6) is 0. The summed E-state index contributed by atoms with van der Waals surface area (Å²) in [5.41, 5.74) is 8.82. The number of hydrogen-bond donors (Lipinski definition) is 1. The van der Waals surface area contributed by atoms with Gasteiger partial charge in [-0.2, -0.15) is 0 Å². The molecule has 1 aromatic rings. The van der Waals surface area contributed by atoms with Crippen LogP contribution < -0.4 is 5.73 Å². The highest BCUT2D eigenvalue weighted by Gasteiger charge is 2.28. The molecule has 0 aliphatic carbocycles. The fourth-order valence-corrected chi connectivity index (χ4v) is 3.38. The summed E-state index contributed by atoms with van der Waals surface area (Å²) < 4.78 is 0. The number of rotatable bonds is 4. The normalized spacial score (nSPS) is 23.5. The Labute approximate surface area is 123 Å². The van der Waals surface area contributed by atoms with Gasteiger partial charge >= 0.3 is 0 Å². The van der Waals surface area contributed by atoms with E-state index in [1.165, 1.54) is 30.5 Å². The number of hydrogen-bond acceptors (Lipinski definition) is 3. The van der Waals surface area contributed by atoms with Crippen molar-refractivity contribution in [3.8, 4) is 0 Å². The lowest BCUT2D eigenvalue weighted by Gasteiger charge is -2.37. The van der Waals surface area contributed by atoms with Crippen LogP contribution in [0.5, 0.6) is 0 Å². The predicted octanol–water partition coefficient (Wildman–Crippen LogP) is 2.41. The largest absolute Gasteiger partial charge is 0.329 e. The fraction of sp³-hybridized carbons (Fsp3) is 0.647. The highest BCUT2D eigenvalue weighted by atomic mass is 15.3. The van der Waals surface area contributed by atoms with E-state index >= 15 is 0 Å². The SMILES string of the molecule is CCC1CN(C)CCCN1C(CN)c1cccc(C)c1. The average Bonchev–Trinajstić information content (AvgIpc) is 2.62. The van der Waals surface area contributed by atoms with Gasteiger partial charge in [0.05, 0.1) is 0 Å². The Bertz CT molecular complexity index is 418. The van der Waals surface area contributed by atoms with Crippen LogP contribution in [0.2, 0.25) is 0 Å². The summed E-state index contributed by atoms with van der Waals surface area (Å²) in [5, 5.41) is 0. The highest BCUT2D eigenvalue weighted by molar-refractivity contribution is 5.25. The van der Waals surface area contributed by atoms with Gasteiger partial charge in [0.15, 0.2) is 0 Å². The second-order valence-corrected chi connectivity index (χ2v) is 6.08. The molecule has 0 amide bonds. The minimum Gasteiger partial charge on any atom is -0.329 e.